The molecule has 0 saturated heterocycles. The van der Waals surface area contributed by atoms with Crippen LogP contribution in [0.15, 0.2) is 51.1 Å². The maximum atomic E-state index is 12.4. The molecule has 0 aliphatic rings. The largest absolute Gasteiger partial charge is 0.507 e. The lowest BCUT2D eigenvalue weighted by atomic mass is 10.1. The first-order valence-corrected chi connectivity index (χ1v) is 9.09. The standard InChI is InChI=1S/C19H15N3O4S/c1-3-25-19(24)13-9-15(23)12-8-10(2)27-17(12)16(13)20-21-18-11-6-4-5-7-14(11)22-26-18/h4-9,23H,3H2,1-2H3/b21-20+. The molecule has 0 fully saturated rings. The van der Waals surface area contributed by atoms with Gasteiger partial charge in [-0.25, -0.2) is 4.79 Å². The van der Waals surface area contributed by atoms with Crippen molar-refractivity contribution in [3.05, 3.63) is 46.8 Å². The van der Waals surface area contributed by atoms with Crippen LogP contribution in [-0.4, -0.2) is 22.8 Å². The zero-order valence-corrected chi connectivity index (χ0v) is 15.4. The third kappa shape index (κ3) is 3.04. The maximum absolute atomic E-state index is 12.4. The molecule has 0 spiro atoms. The molecule has 0 radical (unpaired) electrons. The number of thiophene rings is 1. The Balaban J connectivity index is 1.89. The number of phenols is 1. The van der Waals surface area contributed by atoms with Crippen LogP contribution >= 0.6 is 11.3 Å². The van der Waals surface area contributed by atoms with Gasteiger partial charge in [-0.1, -0.05) is 17.3 Å². The molecule has 0 aliphatic carbocycles. The molecule has 8 heteroatoms. The molecule has 0 aliphatic heterocycles. The zero-order chi connectivity index (χ0) is 19.0. The van der Waals surface area contributed by atoms with Crippen LogP contribution in [0.5, 0.6) is 5.75 Å². The van der Waals surface area contributed by atoms with Crippen molar-refractivity contribution in [3.8, 4) is 5.75 Å². The summed E-state index contributed by atoms with van der Waals surface area (Å²) >= 11 is 1.42. The predicted molar refractivity (Wildman–Crippen MR) is 102 cm³/mol. The fourth-order valence-corrected chi connectivity index (χ4v) is 3.81. The van der Waals surface area contributed by atoms with Gasteiger partial charge in [-0.3, -0.25) is 0 Å². The van der Waals surface area contributed by atoms with Crippen molar-refractivity contribution in [1.29, 1.82) is 0 Å². The van der Waals surface area contributed by atoms with Gasteiger partial charge in [-0.2, -0.15) is 0 Å². The number of ether oxygens (including phenoxy) is 1. The molecule has 0 saturated carbocycles. The van der Waals surface area contributed by atoms with E-state index < -0.39 is 5.97 Å². The van der Waals surface area contributed by atoms with E-state index in [4.69, 9.17) is 9.26 Å². The van der Waals surface area contributed by atoms with Crippen molar-refractivity contribution >= 4 is 49.9 Å². The Labute approximate surface area is 157 Å². The third-order valence-corrected chi connectivity index (χ3v) is 5.04. The van der Waals surface area contributed by atoms with Gasteiger partial charge in [-0.05, 0) is 38.1 Å². The summed E-state index contributed by atoms with van der Waals surface area (Å²) in [7, 11) is 0. The number of azo groups is 1. The second-order valence-electron chi connectivity index (χ2n) is 5.82. The van der Waals surface area contributed by atoms with Crippen LogP contribution in [0.1, 0.15) is 22.2 Å². The second kappa shape index (κ2) is 6.81. The van der Waals surface area contributed by atoms with Crippen LogP contribution in [0.25, 0.3) is 21.0 Å². The summed E-state index contributed by atoms with van der Waals surface area (Å²) in [5.41, 5.74) is 1.15. The van der Waals surface area contributed by atoms with Gasteiger partial charge in [0.2, 0.25) is 0 Å². The van der Waals surface area contributed by atoms with Crippen molar-refractivity contribution in [2.45, 2.75) is 13.8 Å². The lowest BCUT2D eigenvalue weighted by molar-refractivity contribution is 0.0527. The lowest BCUT2D eigenvalue weighted by Crippen LogP contribution is -2.04. The number of aromatic hydroxyl groups is 1. The number of aryl methyl sites for hydroxylation is 1. The molecule has 0 bridgehead atoms. The smallest absolute Gasteiger partial charge is 0.340 e. The lowest BCUT2D eigenvalue weighted by Gasteiger charge is -2.07. The Morgan fingerprint density at radius 2 is 2.07 bits per heavy atom. The molecule has 136 valence electrons. The van der Waals surface area contributed by atoms with Gasteiger partial charge < -0.3 is 14.4 Å². The van der Waals surface area contributed by atoms with E-state index in [1.807, 2.05) is 37.3 Å². The normalized spacial score (nSPS) is 11.6. The summed E-state index contributed by atoms with van der Waals surface area (Å²) < 4.78 is 11.0. The molecule has 2 aromatic carbocycles. The SMILES string of the molecule is CCOC(=O)c1cc(O)c2cc(C)sc2c1/N=N/c1onc2ccccc12. The fraction of sp³-hybridized carbons (Fsp3) is 0.158. The average molecular weight is 381 g/mol. The molecular weight excluding hydrogens is 366 g/mol. The molecule has 4 aromatic rings. The number of carbonyl (C=O) groups excluding carboxylic acids is 1. The van der Waals surface area contributed by atoms with Gasteiger partial charge in [0.1, 0.15) is 17.0 Å². The molecule has 0 unspecified atom stereocenters. The number of carbonyl (C=O) groups is 1. The average Bonchev–Trinajstić information content (AvgIpc) is 3.25. The van der Waals surface area contributed by atoms with Crippen molar-refractivity contribution < 1.29 is 19.2 Å². The minimum Gasteiger partial charge on any atom is -0.507 e. The number of fused-ring (bicyclic) bond motifs is 2. The first-order chi connectivity index (χ1) is 13.1. The summed E-state index contributed by atoms with van der Waals surface area (Å²) in [6, 6.07) is 10.5. The number of aromatic nitrogens is 1. The Morgan fingerprint density at radius 3 is 2.89 bits per heavy atom. The van der Waals surface area contributed by atoms with Gasteiger partial charge in [0, 0.05) is 10.3 Å². The third-order valence-electron chi connectivity index (χ3n) is 3.98. The van der Waals surface area contributed by atoms with Crippen molar-refractivity contribution in [1.82, 2.24) is 5.16 Å². The van der Waals surface area contributed by atoms with Gasteiger partial charge in [0.05, 0.1) is 22.3 Å². The van der Waals surface area contributed by atoms with Gasteiger partial charge in [0.25, 0.3) is 5.88 Å². The number of rotatable bonds is 4. The Kier molecular flexibility index (Phi) is 4.33. The summed E-state index contributed by atoms with van der Waals surface area (Å²) in [4.78, 5) is 13.4. The number of hydrogen-bond donors (Lipinski definition) is 1. The molecule has 2 aromatic heterocycles. The first kappa shape index (κ1) is 17.2. The van der Waals surface area contributed by atoms with Crippen molar-refractivity contribution in [2.24, 2.45) is 10.2 Å². The molecule has 2 heterocycles. The van der Waals surface area contributed by atoms with E-state index in [1.54, 1.807) is 6.92 Å². The Hall–Kier alpha value is -3.26. The van der Waals surface area contributed by atoms with Crippen LogP contribution in [0, 0.1) is 6.92 Å². The number of nitrogens with zero attached hydrogens (tertiary/aromatic N) is 3. The monoisotopic (exact) mass is 381 g/mol. The topological polar surface area (TPSA) is 97.3 Å². The summed E-state index contributed by atoms with van der Waals surface area (Å²) in [6.45, 7) is 3.84. The van der Waals surface area contributed by atoms with Gasteiger partial charge in [-0.15, -0.1) is 21.6 Å². The van der Waals surface area contributed by atoms with E-state index in [0.29, 0.717) is 21.3 Å². The van der Waals surface area contributed by atoms with E-state index in [1.165, 1.54) is 17.4 Å². The van der Waals surface area contributed by atoms with E-state index in [9.17, 15) is 9.90 Å². The quantitative estimate of drug-likeness (QED) is 0.364. The Morgan fingerprint density at radius 1 is 1.26 bits per heavy atom. The minimum atomic E-state index is -0.572. The molecular formula is C19H15N3O4S. The molecule has 1 N–H and O–H groups in total. The Bertz CT molecular complexity index is 1190. The molecule has 0 amide bonds. The van der Waals surface area contributed by atoms with Crippen LogP contribution in [0.4, 0.5) is 11.6 Å². The van der Waals surface area contributed by atoms with Crippen LogP contribution in [0.2, 0.25) is 0 Å². The van der Waals surface area contributed by atoms with Crippen molar-refractivity contribution in [2.75, 3.05) is 6.61 Å². The van der Waals surface area contributed by atoms with Crippen molar-refractivity contribution in [3.63, 3.8) is 0 Å². The highest BCUT2D eigenvalue weighted by atomic mass is 32.1. The number of benzene rings is 2. The summed E-state index contributed by atoms with van der Waals surface area (Å²) in [5.74, 6) is -0.325. The second-order valence-corrected chi connectivity index (χ2v) is 7.07. The number of hydrogen-bond acceptors (Lipinski definition) is 8. The molecule has 0 atom stereocenters. The van der Waals surface area contributed by atoms with Gasteiger partial charge >= 0.3 is 5.97 Å². The van der Waals surface area contributed by atoms with E-state index in [-0.39, 0.29) is 23.8 Å². The predicted octanol–water partition coefficient (Wildman–Crippen LogP) is 5.65. The first-order valence-electron chi connectivity index (χ1n) is 8.28. The van der Waals surface area contributed by atoms with Crippen LogP contribution in [-0.2, 0) is 4.74 Å². The number of esters is 1. The molecule has 27 heavy (non-hydrogen) atoms. The number of phenolic OH excluding ortho intramolecular Hbond substituents is 1. The fourth-order valence-electron chi connectivity index (χ4n) is 2.79. The minimum absolute atomic E-state index is 0.00136. The van der Waals surface area contributed by atoms with E-state index in [0.717, 1.165) is 10.3 Å². The van der Waals surface area contributed by atoms with Crippen LogP contribution < -0.4 is 0 Å². The van der Waals surface area contributed by atoms with E-state index in [2.05, 4.69) is 15.4 Å². The van der Waals surface area contributed by atoms with E-state index >= 15 is 0 Å². The summed E-state index contributed by atoms with van der Waals surface area (Å²) in [6.07, 6.45) is 0. The van der Waals surface area contributed by atoms with Crippen LogP contribution in [0.3, 0.4) is 0 Å². The summed E-state index contributed by atoms with van der Waals surface area (Å²) in [5, 5.41) is 24.0. The highest BCUT2D eigenvalue weighted by Crippen LogP contribution is 2.42. The highest BCUT2D eigenvalue weighted by molar-refractivity contribution is 7.19. The zero-order valence-electron chi connectivity index (χ0n) is 14.6. The maximum Gasteiger partial charge on any atom is 0.340 e. The molecule has 4 rings (SSSR count). The highest BCUT2D eigenvalue weighted by Gasteiger charge is 2.21. The molecule has 7 nitrogen and oxygen atoms in total. The van der Waals surface area contributed by atoms with Gasteiger partial charge in [0.15, 0.2) is 0 Å².